The van der Waals surface area contributed by atoms with Gasteiger partial charge in [-0.3, -0.25) is 4.79 Å². The zero-order valence-corrected chi connectivity index (χ0v) is 12.9. The molecule has 1 atom stereocenters. The van der Waals surface area contributed by atoms with Crippen molar-refractivity contribution >= 4 is 17.3 Å². The fourth-order valence-corrected chi connectivity index (χ4v) is 2.96. The van der Waals surface area contributed by atoms with Gasteiger partial charge >= 0.3 is 0 Å². The lowest BCUT2D eigenvalue weighted by Crippen LogP contribution is -2.30. The van der Waals surface area contributed by atoms with Crippen molar-refractivity contribution in [2.24, 2.45) is 0 Å². The van der Waals surface area contributed by atoms with E-state index in [4.69, 9.17) is 10.8 Å². The monoisotopic (exact) mass is 291 g/mol. The number of carbonyl (C=O) groups excluding carboxylic acids is 1. The first-order chi connectivity index (χ1) is 10.0. The number of hydrogen-bond donors (Lipinski definition) is 2. The van der Waals surface area contributed by atoms with Crippen LogP contribution in [0.5, 0.6) is 0 Å². The van der Waals surface area contributed by atoms with Crippen LogP contribution < -0.4 is 10.6 Å². The maximum atomic E-state index is 12.1. The first-order valence-corrected chi connectivity index (χ1v) is 7.53. The average molecular weight is 291 g/mol. The lowest BCUT2D eigenvalue weighted by molar-refractivity contribution is 0.0827. The van der Waals surface area contributed by atoms with Crippen LogP contribution in [0.3, 0.4) is 0 Å². The summed E-state index contributed by atoms with van der Waals surface area (Å²) in [6, 6.07) is 5.90. The van der Waals surface area contributed by atoms with Gasteiger partial charge in [0.1, 0.15) is 0 Å². The summed E-state index contributed by atoms with van der Waals surface area (Å²) in [5, 5.41) is 9.02. The molecule has 5 nitrogen and oxygen atoms in total. The summed E-state index contributed by atoms with van der Waals surface area (Å²) in [5.74, 6) is -0.0117. The fourth-order valence-electron chi connectivity index (χ4n) is 2.96. The fraction of sp³-hybridized carbons (Fsp3) is 0.562. The number of nitrogens with zero attached hydrogens (tertiary/aromatic N) is 2. The van der Waals surface area contributed by atoms with Crippen LogP contribution in [0.2, 0.25) is 0 Å². The van der Waals surface area contributed by atoms with Crippen molar-refractivity contribution in [3.63, 3.8) is 0 Å². The van der Waals surface area contributed by atoms with Crippen LogP contribution in [0.25, 0.3) is 0 Å². The predicted molar refractivity (Wildman–Crippen MR) is 85.6 cm³/mol. The summed E-state index contributed by atoms with van der Waals surface area (Å²) in [5.41, 5.74) is 8.44. The molecule has 1 aromatic rings. The molecule has 0 radical (unpaired) electrons. The number of amides is 1. The van der Waals surface area contributed by atoms with Crippen LogP contribution in [0.15, 0.2) is 18.2 Å². The van der Waals surface area contributed by atoms with Gasteiger partial charge in [0, 0.05) is 38.9 Å². The van der Waals surface area contributed by atoms with Gasteiger partial charge in [-0.15, -0.1) is 0 Å². The number of aliphatic hydroxyl groups is 1. The smallest absolute Gasteiger partial charge is 0.253 e. The first kappa shape index (κ1) is 15.6. The first-order valence-electron chi connectivity index (χ1n) is 7.53. The minimum Gasteiger partial charge on any atom is -0.397 e. The van der Waals surface area contributed by atoms with Crippen molar-refractivity contribution in [3.8, 4) is 0 Å². The molecule has 1 heterocycles. The molecular weight excluding hydrogens is 266 g/mol. The molecule has 1 unspecified atom stereocenters. The van der Waals surface area contributed by atoms with E-state index in [9.17, 15) is 4.79 Å². The highest BCUT2D eigenvalue weighted by molar-refractivity contribution is 5.96. The summed E-state index contributed by atoms with van der Waals surface area (Å²) in [7, 11) is 3.50. The second-order valence-electron chi connectivity index (χ2n) is 5.83. The van der Waals surface area contributed by atoms with E-state index in [1.165, 1.54) is 0 Å². The number of anilines is 2. The van der Waals surface area contributed by atoms with Crippen molar-refractivity contribution in [1.29, 1.82) is 0 Å². The Balaban J connectivity index is 2.25. The second kappa shape index (κ2) is 6.80. The minimum absolute atomic E-state index is 0.0117. The third kappa shape index (κ3) is 3.47. The Morgan fingerprint density at radius 2 is 2.24 bits per heavy atom. The lowest BCUT2D eigenvalue weighted by Gasteiger charge is -2.28. The van der Waals surface area contributed by atoms with E-state index in [-0.39, 0.29) is 12.5 Å². The molecule has 1 aliphatic rings. The Morgan fingerprint density at radius 3 is 2.90 bits per heavy atom. The van der Waals surface area contributed by atoms with E-state index in [0.717, 1.165) is 37.9 Å². The van der Waals surface area contributed by atoms with E-state index in [1.807, 2.05) is 12.1 Å². The van der Waals surface area contributed by atoms with Crippen LogP contribution in [-0.4, -0.2) is 49.2 Å². The summed E-state index contributed by atoms with van der Waals surface area (Å²) in [6.07, 6.45) is 4.01. The maximum absolute atomic E-state index is 12.1. The van der Waals surface area contributed by atoms with Crippen LogP contribution in [-0.2, 0) is 0 Å². The van der Waals surface area contributed by atoms with Crippen molar-refractivity contribution < 1.29 is 9.90 Å². The quantitative estimate of drug-likeness (QED) is 0.810. The molecule has 1 fully saturated rings. The highest BCUT2D eigenvalue weighted by Crippen LogP contribution is 2.33. The normalized spacial score (nSPS) is 18.0. The van der Waals surface area contributed by atoms with Crippen molar-refractivity contribution in [2.45, 2.75) is 31.7 Å². The van der Waals surface area contributed by atoms with Gasteiger partial charge in [0.25, 0.3) is 5.91 Å². The summed E-state index contributed by atoms with van der Waals surface area (Å²) in [6.45, 7) is 1.18. The SMILES string of the molecule is CN(C)C(=O)c1ccc(N)c(N2CCCC2CCCO)c1. The van der Waals surface area contributed by atoms with Crippen LogP contribution in [0.4, 0.5) is 11.4 Å². The maximum Gasteiger partial charge on any atom is 0.253 e. The van der Waals surface area contributed by atoms with E-state index in [1.54, 1.807) is 25.1 Å². The molecule has 2 rings (SSSR count). The molecule has 0 bridgehead atoms. The average Bonchev–Trinajstić information content (AvgIpc) is 2.93. The molecule has 0 saturated carbocycles. The van der Waals surface area contributed by atoms with E-state index < -0.39 is 0 Å². The van der Waals surface area contributed by atoms with E-state index in [2.05, 4.69) is 4.90 Å². The van der Waals surface area contributed by atoms with Gasteiger partial charge in [-0.2, -0.15) is 0 Å². The molecule has 1 saturated heterocycles. The summed E-state index contributed by atoms with van der Waals surface area (Å²) >= 11 is 0. The zero-order valence-electron chi connectivity index (χ0n) is 12.9. The number of benzene rings is 1. The topological polar surface area (TPSA) is 69.8 Å². The minimum atomic E-state index is -0.0117. The molecule has 1 amide bonds. The Labute approximate surface area is 126 Å². The number of hydrogen-bond acceptors (Lipinski definition) is 4. The molecule has 116 valence electrons. The Hall–Kier alpha value is -1.75. The second-order valence-corrected chi connectivity index (χ2v) is 5.83. The Morgan fingerprint density at radius 1 is 1.48 bits per heavy atom. The molecular formula is C16H25N3O2. The molecule has 5 heteroatoms. The van der Waals surface area contributed by atoms with E-state index >= 15 is 0 Å². The summed E-state index contributed by atoms with van der Waals surface area (Å²) < 4.78 is 0. The van der Waals surface area contributed by atoms with Gasteiger partial charge in [-0.05, 0) is 43.9 Å². The molecule has 0 aromatic heterocycles. The standard InChI is InChI=1S/C16H25N3O2/c1-18(2)16(21)12-7-8-14(17)15(11-12)19-9-3-5-13(19)6-4-10-20/h7-8,11,13,20H,3-6,9-10,17H2,1-2H3. The third-order valence-electron chi connectivity index (χ3n) is 4.07. The predicted octanol–water partition coefficient (Wildman–Crippen LogP) is 1.71. The number of nitrogen functional groups attached to an aromatic ring is 1. The van der Waals surface area contributed by atoms with Crippen LogP contribution >= 0.6 is 0 Å². The zero-order chi connectivity index (χ0) is 15.4. The van der Waals surface area contributed by atoms with Crippen LogP contribution in [0.1, 0.15) is 36.0 Å². The van der Waals surface area contributed by atoms with Crippen molar-refractivity contribution in [3.05, 3.63) is 23.8 Å². The van der Waals surface area contributed by atoms with Gasteiger partial charge in [0.05, 0.1) is 11.4 Å². The molecule has 1 aliphatic heterocycles. The molecule has 0 aliphatic carbocycles. The third-order valence-corrected chi connectivity index (χ3v) is 4.07. The van der Waals surface area contributed by atoms with Gasteiger partial charge in [0.15, 0.2) is 0 Å². The van der Waals surface area contributed by atoms with Gasteiger partial charge in [-0.25, -0.2) is 0 Å². The lowest BCUT2D eigenvalue weighted by atomic mass is 10.1. The van der Waals surface area contributed by atoms with Crippen molar-refractivity contribution in [1.82, 2.24) is 4.90 Å². The number of aliphatic hydroxyl groups excluding tert-OH is 1. The Kier molecular flexibility index (Phi) is 5.07. The van der Waals surface area contributed by atoms with Gasteiger partial charge in [-0.1, -0.05) is 0 Å². The van der Waals surface area contributed by atoms with Crippen molar-refractivity contribution in [2.75, 3.05) is 37.9 Å². The summed E-state index contributed by atoms with van der Waals surface area (Å²) in [4.78, 5) is 16.0. The molecule has 21 heavy (non-hydrogen) atoms. The number of carbonyl (C=O) groups is 1. The van der Waals surface area contributed by atoms with E-state index in [0.29, 0.717) is 17.3 Å². The largest absolute Gasteiger partial charge is 0.397 e. The molecule has 0 spiro atoms. The highest BCUT2D eigenvalue weighted by atomic mass is 16.3. The molecule has 1 aromatic carbocycles. The Bertz CT molecular complexity index is 502. The number of nitrogens with two attached hydrogens (primary N) is 1. The molecule has 3 N–H and O–H groups in total. The number of rotatable bonds is 5. The van der Waals surface area contributed by atoms with Gasteiger partial charge in [0.2, 0.25) is 0 Å². The highest BCUT2D eigenvalue weighted by Gasteiger charge is 2.26. The van der Waals surface area contributed by atoms with Gasteiger partial charge < -0.3 is 20.6 Å². The van der Waals surface area contributed by atoms with Crippen LogP contribution in [0, 0.1) is 0 Å².